The fraction of sp³-hybridized carbons (Fsp3) is 0.188. The highest BCUT2D eigenvalue weighted by molar-refractivity contribution is 6.30. The number of hydrogen-bond donors (Lipinski definition) is 2. The van der Waals surface area contributed by atoms with E-state index in [0.29, 0.717) is 17.2 Å². The van der Waals surface area contributed by atoms with E-state index in [1.807, 2.05) is 38.1 Å². The lowest BCUT2D eigenvalue weighted by Gasteiger charge is -2.13. The second-order valence-electron chi connectivity index (χ2n) is 4.84. The lowest BCUT2D eigenvalue weighted by atomic mass is 10.1. The molecule has 0 amide bonds. The molecule has 2 rings (SSSR count). The van der Waals surface area contributed by atoms with E-state index in [1.165, 1.54) is 0 Å². The van der Waals surface area contributed by atoms with Crippen LogP contribution in [-0.4, -0.2) is 11.0 Å². The number of hydrogen-bond acceptors (Lipinski definition) is 3. The highest BCUT2D eigenvalue weighted by Gasteiger charge is 2.06. The van der Waals surface area contributed by atoms with E-state index in [9.17, 15) is 0 Å². The van der Waals surface area contributed by atoms with Gasteiger partial charge < -0.3 is 15.7 Å². The molecule has 0 unspecified atom stereocenters. The minimum Gasteiger partial charge on any atom is -0.488 e. The summed E-state index contributed by atoms with van der Waals surface area (Å²) in [7, 11) is 0. The number of benzene rings is 2. The molecule has 4 nitrogen and oxygen atoms in total. The van der Waals surface area contributed by atoms with Crippen molar-refractivity contribution >= 4 is 17.4 Å². The molecule has 3 N–H and O–H groups in total. The first-order valence-electron chi connectivity index (χ1n) is 6.47. The summed E-state index contributed by atoms with van der Waals surface area (Å²) in [5.74, 6) is 0.937. The van der Waals surface area contributed by atoms with Gasteiger partial charge in [0.2, 0.25) is 0 Å². The number of halogens is 1. The Hall–Kier alpha value is -2.20. The quantitative estimate of drug-likeness (QED) is 0.392. The first kappa shape index (κ1) is 15.2. The van der Waals surface area contributed by atoms with Crippen molar-refractivity contribution in [3.05, 3.63) is 63.7 Å². The third-order valence-electron chi connectivity index (χ3n) is 3.17. The van der Waals surface area contributed by atoms with Crippen molar-refractivity contribution in [3.63, 3.8) is 0 Å². The maximum Gasteiger partial charge on any atom is 0.170 e. The van der Waals surface area contributed by atoms with Crippen molar-refractivity contribution < 1.29 is 9.94 Å². The number of oxime groups is 1. The van der Waals surface area contributed by atoms with Crippen molar-refractivity contribution in [1.29, 1.82) is 0 Å². The van der Waals surface area contributed by atoms with E-state index < -0.39 is 0 Å². The second-order valence-corrected chi connectivity index (χ2v) is 5.28. The van der Waals surface area contributed by atoms with E-state index >= 15 is 0 Å². The average Bonchev–Trinajstić information content (AvgIpc) is 2.46. The summed E-state index contributed by atoms with van der Waals surface area (Å²) in [4.78, 5) is 0. The van der Waals surface area contributed by atoms with Gasteiger partial charge in [-0.2, -0.15) is 0 Å². The monoisotopic (exact) mass is 304 g/mol. The molecule has 0 aliphatic carbocycles. The Bertz CT molecular complexity index is 643. The third-order valence-corrected chi connectivity index (χ3v) is 3.38. The number of ether oxygens (including phenoxy) is 1. The van der Waals surface area contributed by atoms with Gasteiger partial charge in [-0.05, 0) is 42.7 Å². The van der Waals surface area contributed by atoms with E-state index in [1.54, 1.807) is 12.1 Å². The molecular formula is C16H17ClN2O2. The van der Waals surface area contributed by atoms with Crippen LogP contribution in [0.4, 0.5) is 0 Å². The second kappa shape index (κ2) is 6.50. The van der Waals surface area contributed by atoms with Gasteiger partial charge in [-0.25, -0.2) is 0 Å². The summed E-state index contributed by atoms with van der Waals surface area (Å²) in [6, 6.07) is 11.1. The number of amidine groups is 1. The van der Waals surface area contributed by atoms with Gasteiger partial charge in [-0.15, -0.1) is 0 Å². The van der Waals surface area contributed by atoms with Gasteiger partial charge in [-0.3, -0.25) is 0 Å². The van der Waals surface area contributed by atoms with Gasteiger partial charge in [0.05, 0.1) is 0 Å². The molecule has 0 heterocycles. The van der Waals surface area contributed by atoms with E-state index in [4.69, 9.17) is 27.3 Å². The highest BCUT2D eigenvalue weighted by atomic mass is 35.5. The molecule has 0 atom stereocenters. The zero-order valence-corrected chi connectivity index (χ0v) is 12.7. The lowest BCUT2D eigenvalue weighted by Crippen LogP contribution is -2.12. The number of rotatable bonds is 4. The number of nitrogens with zero attached hydrogens (tertiary/aromatic N) is 1. The number of aryl methyl sites for hydroxylation is 2. The average molecular weight is 305 g/mol. The molecule has 0 saturated heterocycles. The van der Waals surface area contributed by atoms with Gasteiger partial charge in [0.25, 0.3) is 0 Å². The Labute approximate surface area is 128 Å². The summed E-state index contributed by atoms with van der Waals surface area (Å²) in [5.41, 5.74) is 9.20. The lowest BCUT2D eigenvalue weighted by molar-refractivity contribution is 0.302. The minimum atomic E-state index is 0.0897. The largest absolute Gasteiger partial charge is 0.488 e. The van der Waals surface area contributed by atoms with Crippen LogP contribution < -0.4 is 10.5 Å². The zero-order valence-electron chi connectivity index (χ0n) is 11.9. The molecule has 0 bridgehead atoms. The fourth-order valence-electron chi connectivity index (χ4n) is 2.11. The summed E-state index contributed by atoms with van der Waals surface area (Å²) in [6.45, 7) is 4.38. The van der Waals surface area contributed by atoms with Crippen LogP contribution in [0.1, 0.15) is 22.3 Å². The zero-order chi connectivity index (χ0) is 15.4. The van der Waals surface area contributed by atoms with Gasteiger partial charge in [0.1, 0.15) is 12.4 Å². The predicted molar refractivity (Wildman–Crippen MR) is 84.2 cm³/mol. The molecule has 5 heteroatoms. The predicted octanol–water partition coefficient (Wildman–Crippen LogP) is 3.63. The van der Waals surface area contributed by atoms with Crippen LogP contribution in [0.2, 0.25) is 5.02 Å². The topological polar surface area (TPSA) is 67.8 Å². The van der Waals surface area contributed by atoms with Crippen LogP contribution >= 0.6 is 11.6 Å². The molecule has 110 valence electrons. The van der Waals surface area contributed by atoms with E-state index in [0.717, 1.165) is 22.4 Å². The standard InChI is InChI=1S/C16H17ClN2O2/c1-10-7-14(17)8-11(2)15(10)21-9-12-3-5-13(6-4-12)16(18)19-20/h3-8,20H,9H2,1-2H3,(H2,18,19). The van der Waals surface area contributed by atoms with Gasteiger partial charge >= 0.3 is 0 Å². The van der Waals surface area contributed by atoms with Crippen LogP contribution in [0.5, 0.6) is 5.75 Å². The summed E-state index contributed by atoms with van der Waals surface area (Å²) in [6.07, 6.45) is 0. The molecule has 2 aromatic carbocycles. The maximum absolute atomic E-state index is 8.62. The first-order valence-corrected chi connectivity index (χ1v) is 6.85. The van der Waals surface area contributed by atoms with Crippen molar-refractivity contribution in [2.75, 3.05) is 0 Å². The van der Waals surface area contributed by atoms with Gasteiger partial charge in [0.15, 0.2) is 5.84 Å². The van der Waals surface area contributed by atoms with Crippen molar-refractivity contribution in [1.82, 2.24) is 0 Å². The van der Waals surface area contributed by atoms with Crippen molar-refractivity contribution in [2.45, 2.75) is 20.5 Å². The molecule has 21 heavy (non-hydrogen) atoms. The van der Waals surface area contributed by atoms with E-state index in [-0.39, 0.29) is 5.84 Å². The SMILES string of the molecule is Cc1cc(Cl)cc(C)c1OCc1ccc(/C(N)=N/O)cc1. The molecule has 0 spiro atoms. The van der Waals surface area contributed by atoms with Crippen LogP contribution in [0.3, 0.4) is 0 Å². The van der Waals surface area contributed by atoms with Crippen molar-refractivity contribution in [3.8, 4) is 5.75 Å². The Balaban J connectivity index is 2.10. The Kier molecular flexibility index (Phi) is 4.70. The Morgan fingerprint density at radius 3 is 2.29 bits per heavy atom. The highest BCUT2D eigenvalue weighted by Crippen LogP contribution is 2.27. The molecule has 0 aliphatic heterocycles. The molecular weight excluding hydrogens is 288 g/mol. The van der Waals surface area contributed by atoms with Crippen LogP contribution in [0.15, 0.2) is 41.6 Å². The Morgan fingerprint density at radius 1 is 1.19 bits per heavy atom. The molecule has 0 radical (unpaired) electrons. The Morgan fingerprint density at radius 2 is 1.76 bits per heavy atom. The smallest absolute Gasteiger partial charge is 0.170 e. The van der Waals surface area contributed by atoms with Crippen LogP contribution in [-0.2, 0) is 6.61 Å². The van der Waals surface area contributed by atoms with Gasteiger partial charge in [-0.1, -0.05) is 41.0 Å². The van der Waals surface area contributed by atoms with Crippen LogP contribution in [0.25, 0.3) is 0 Å². The maximum atomic E-state index is 8.62. The number of nitrogens with two attached hydrogens (primary N) is 1. The summed E-state index contributed by atoms with van der Waals surface area (Å²) >= 11 is 6.00. The molecule has 2 aromatic rings. The first-order chi connectivity index (χ1) is 10.0. The molecule has 0 fully saturated rings. The fourth-order valence-corrected chi connectivity index (χ4v) is 2.44. The third kappa shape index (κ3) is 3.67. The molecule has 0 aromatic heterocycles. The van der Waals surface area contributed by atoms with Crippen molar-refractivity contribution in [2.24, 2.45) is 10.9 Å². The molecule has 0 aliphatic rings. The van der Waals surface area contributed by atoms with Gasteiger partial charge in [0, 0.05) is 10.6 Å². The molecule has 0 saturated carbocycles. The summed E-state index contributed by atoms with van der Waals surface area (Å²) in [5, 5.41) is 12.3. The van der Waals surface area contributed by atoms with Crippen LogP contribution in [0, 0.1) is 13.8 Å². The normalized spacial score (nSPS) is 11.5. The summed E-state index contributed by atoms with van der Waals surface area (Å²) < 4.78 is 5.87. The minimum absolute atomic E-state index is 0.0897. The van der Waals surface area contributed by atoms with E-state index in [2.05, 4.69) is 5.16 Å².